The third-order valence-corrected chi connectivity index (χ3v) is 5.46. The van der Waals surface area contributed by atoms with E-state index < -0.39 is 10.0 Å². The Morgan fingerprint density at radius 2 is 1.84 bits per heavy atom. The van der Waals surface area contributed by atoms with E-state index in [-0.39, 0.29) is 12.0 Å². The molecule has 0 fully saturated rings. The molecule has 0 saturated carbocycles. The Morgan fingerprint density at radius 1 is 1.26 bits per heavy atom. The molecule has 0 heterocycles. The van der Waals surface area contributed by atoms with Crippen LogP contribution in [-0.4, -0.2) is 39.9 Å². The Labute approximate surface area is 116 Å². The van der Waals surface area contributed by atoms with E-state index in [1.165, 1.54) is 4.31 Å². The lowest BCUT2D eigenvalue weighted by Crippen LogP contribution is -2.31. The zero-order chi connectivity index (χ0) is 14.6. The van der Waals surface area contributed by atoms with Crippen molar-refractivity contribution < 1.29 is 8.42 Å². The van der Waals surface area contributed by atoms with E-state index in [2.05, 4.69) is 19.2 Å². The molecule has 108 valence electrons. The zero-order valence-electron chi connectivity index (χ0n) is 12.3. The van der Waals surface area contributed by atoms with Crippen LogP contribution in [0.2, 0.25) is 0 Å². The summed E-state index contributed by atoms with van der Waals surface area (Å²) in [6.45, 7) is 4.16. The number of benzene rings is 1. The molecule has 5 heteroatoms. The van der Waals surface area contributed by atoms with Crippen LogP contribution in [0.1, 0.15) is 31.7 Å². The van der Waals surface area contributed by atoms with Crippen LogP contribution in [0.15, 0.2) is 29.2 Å². The van der Waals surface area contributed by atoms with Gasteiger partial charge in [0.1, 0.15) is 0 Å². The van der Waals surface area contributed by atoms with Crippen molar-refractivity contribution in [3.05, 3.63) is 29.8 Å². The van der Waals surface area contributed by atoms with Crippen molar-refractivity contribution in [3.8, 4) is 0 Å². The predicted octanol–water partition coefficient (Wildman–Crippen LogP) is 2.04. The summed E-state index contributed by atoms with van der Waals surface area (Å²) in [7, 11) is 1.63. The third-order valence-electron chi connectivity index (χ3n) is 3.58. The average Bonchev–Trinajstić information content (AvgIpc) is 2.39. The van der Waals surface area contributed by atoms with E-state index in [9.17, 15) is 8.42 Å². The quantitative estimate of drug-likeness (QED) is 0.869. The summed E-state index contributed by atoms with van der Waals surface area (Å²) in [4.78, 5) is 0.411. The van der Waals surface area contributed by atoms with Gasteiger partial charge in [0.25, 0.3) is 0 Å². The fourth-order valence-electron chi connectivity index (χ4n) is 2.26. The standard InChI is InChI=1S/C14H24N2O2S/c1-6-12(11(2)15-3)13-9-7-8-10-14(13)19(17,18)16(4)5/h7-12,15H,6H2,1-5H3. The van der Waals surface area contributed by atoms with Crippen molar-refractivity contribution >= 4 is 10.0 Å². The minimum Gasteiger partial charge on any atom is -0.317 e. The average molecular weight is 284 g/mol. The van der Waals surface area contributed by atoms with Gasteiger partial charge in [0.2, 0.25) is 10.0 Å². The molecule has 2 atom stereocenters. The molecule has 0 aliphatic rings. The number of nitrogens with zero attached hydrogens (tertiary/aromatic N) is 1. The summed E-state index contributed by atoms with van der Waals surface area (Å²) < 4.78 is 26.0. The smallest absolute Gasteiger partial charge is 0.242 e. The van der Waals surface area contributed by atoms with Gasteiger partial charge >= 0.3 is 0 Å². The van der Waals surface area contributed by atoms with Gasteiger partial charge in [-0.2, -0.15) is 0 Å². The molecular formula is C14H24N2O2S. The largest absolute Gasteiger partial charge is 0.317 e. The highest BCUT2D eigenvalue weighted by Gasteiger charge is 2.26. The van der Waals surface area contributed by atoms with Crippen molar-refractivity contribution in [1.82, 2.24) is 9.62 Å². The Balaban J connectivity index is 3.38. The fraction of sp³-hybridized carbons (Fsp3) is 0.571. The SMILES string of the molecule is CCC(c1ccccc1S(=O)(=O)N(C)C)C(C)NC. The van der Waals surface area contributed by atoms with E-state index in [4.69, 9.17) is 0 Å². The highest BCUT2D eigenvalue weighted by molar-refractivity contribution is 7.89. The van der Waals surface area contributed by atoms with Gasteiger partial charge in [-0.05, 0) is 32.0 Å². The van der Waals surface area contributed by atoms with Crippen LogP contribution >= 0.6 is 0 Å². The number of sulfonamides is 1. The molecule has 1 N–H and O–H groups in total. The van der Waals surface area contributed by atoms with E-state index in [0.29, 0.717) is 4.90 Å². The number of hydrogen-bond acceptors (Lipinski definition) is 3. The molecule has 0 aliphatic carbocycles. The zero-order valence-corrected chi connectivity index (χ0v) is 13.2. The molecule has 1 aromatic rings. The second-order valence-electron chi connectivity index (χ2n) is 4.92. The van der Waals surface area contributed by atoms with Crippen LogP contribution in [0, 0.1) is 0 Å². The molecular weight excluding hydrogens is 260 g/mol. The van der Waals surface area contributed by atoms with Crippen LogP contribution < -0.4 is 5.32 Å². The van der Waals surface area contributed by atoms with Crippen LogP contribution in [0.3, 0.4) is 0 Å². The highest BCUT2D eigenvalue weighted by Crippen LogP contribution is 2.30. The minimum atomic E-state index is -3.40. The maximum absolute atomic E-state index is 12.4. The first kappa shape index (κ1) is 16.1. The summed E-state index contributed by atoms with van der Waals surface area (Å²) >= 11 is 0. The highest BCUT2D eigenvalue weighted by atomic mass is 32.2. The monoisotopic (exact) mass is 284 g/mol. The van der Waals surface area contributed by atoms with Crippen LogP contribution in [0.4, 0.5) is 0 Å². The number of likely N-dealkylation sites (N-methyl/N-ethyl adjacent to an activating group) is 1. The summed E-state index contributed by atoms with van der Waals surface area (Å²) in [5.41, 5.74) is 0.889. The Bertz CT molecular complexity index is 512. The van der Waals surface area contributed by atoms with Gasteiger partial charge in [0.15, 0.2) is 0 Å². The Kier molecular flexibility index (Phi) is 5.52. The summed E-state index contributed by atoms with van der Waals surface area (Å²) in [6.07, 6.45) is 0.891. The Morgan fingerprint density at radius 3 is 2.32 bits per heavy atom. The van der Waals surface area contributed by atoms with E-state index in [1.807, 2.05) is 19.2 Å². The molecule has 0 spiro atoms. The molecule has 0 aromatic heterocycles. The van der Waals surface area contributed by atoms with Crippen molar-refractivity contribution in [2.24, 2.45) is 0 Å². The van der Waals surface area contributed by atoms with Gasteiger partial charge < -0.3 is 5.32 Å². The number of nitrogens with one attached hydrogen (secondary N) is 1. The predicted molar refractivity (Wildman–Crippen MR) is 78.9 cm³/mol. The third kappa shape index (κ3) is 3.35. The number of hydrogen-bond donors (Lipinski definition) is 1. The summed E-state index contributed by atoms with van der Waals surface area (Å²) in [5.74, 6) is 0.177. The molecule has 4 nitrogen and oxygen atoms in total. The molecule has 0 saturated heterocycles. The normalized spacial score (nSPS) is 15.5. The second kappa shape index (κ2) is 6.50. The molecule has 0 amide bonds. The molecule has 0 radical (unpaired) electrons. The molecule has 19 heavy (non-hydrogen) atoms. The van der Waals surface area contributed by atoms with Crippen molar-refractivity contribution in [1.29, 1.82) is 0 Å². The van der Waals surface area contributed by atoms with Gasteiger partial charge in [-0.15, -0.1) is 0 Å². The van der Waals surface area contributed by atoms with Gasteiger partial charge in [-0.25, -0.2) is 12.7 Å². The topological polar surface area (TPSA) is 49.4 Å². The first-order valence-corrected chi connectivity index (χ1v) is 7.99. The molecule has 1 rings (SSSR count). The van der Waals surface area contributed by atoms with Crippen LogP contribution in [0.5, 0.6) is 0 Å². The molecule has 1 aromatic carbocycles. The maximum Gasteiger partial charge on any atom is 0.242 e. The first-order valence-electron chi connectivity index (χ1n) is 6.55. The van der Waals surface area contributed by atoms with Gasteiger partial charge in [0.05, 0.1) is 4.90 Å². The van der Waals surface area contributed by atoms with E-state index in [0.717, 1.165) is 12.0 Å². The van der Waals surface area contributed by atoms with Gasteiger partial charge in [-0.1, -0.05) is 25.1 Å². The van der Waals surface area contributed by atoms with Crippen molar-refractivity contribution in [2.45, 2.75) is 37.1 Å². The van der Waals surface area contributed by atoms with Crippen LogP contribution in [-0.2, 0) is 10.0 Å². The van der Waals surface area contributed by atoms with Crippen LogP contribution in [0.25, 0.3) is 0 Å². The van der Waals surface area contributed by atoms with E-state index >= 15 is 0 Å². The first-order chi connectivity index (χ1) is 8.86. The number of rotatable bonds is 6. The van der Waals surface area contributed by atoms with Crippen molar-refractivity contribution in [3.63, 3.8) is 0 Å². The Hall–Kier alpha value is -0.910. The molecule has 0 aliphatic heterocycles. The van der Waals surface area contributed by atoms with Gasteiger partial charge in [0, 0.05) is 26.1 Å². The van der Waals surface area contributed by atoms with Crippen molar-refractivity contribution in [2.75, 3.05) is 21.1 Å². The lowest BCUT2D eigenvalue weighted by atomic mass is 9.90. The minimum absolute atomic E-state index is 0.177. The van der Waals surface area contributed by atoms with Gasteiger partial charge in [-0.3, -0.25) is 0 Å². The molecule has 2 unspecified atom stereocenters. The summed E-state index contributed by atoms with van der Waals surface area (Å²) in [6, 6.07) is 7.50. The molecule has 0 bridgehead atoms. The second-order valence-corrected chi connectivity index (χ2v) is 7.04. The van der Waals surface area contributed by atoms with E-state index in [1.54, 1.807) is 26.2 Å². The lowest BCUT2D eigenvalue weighted by molar-refractivity contribution is 0.472. The maximum atomic E-state index is 12.4. The fourth-order valence-corrected chi connectivity index (χ4v) is 3.42. The lowest BCUT2D eigenvalue weighted by Gasteiger charge is -2.25. The summed E-state index contributed by atoms with van der Waals surface area (Å²) in [5, 5.41) is 3.21.